The first-order valence-electron chi connectivity index (χ1n) is 6.51. The average molecular weight is 363 g/mol. The minimum absolute atomic E-state index is 0.528. The third-order valence-corrected chi connectivity index (χ3v) is 4.47. The molecule has 0 aliphatic heterocycles. The van der Waals surface area contributed by atoms with Crippen molar-refractivity contribution in [2.45, 2.75) is 12.5 Å². The van der Waals surface area contributed by atoms with Gasteiger partial charge < -0.3 is 5.11 Å². The molecule has 1 atom stereocenters. The lowest BCUT2D eigenvalue weighted by molar-refractivity contribution is 0.104. The Labute approximate surface area is 136 Å². The fourth-order valence-corrected chi connectivity index (χ4v) is 3.43. The first kappa shape index (κ1) is 14.5. The maximum Gasteiger partial charge on any atom is 0.114 e. The number of hydrogen-bond acceptors (Lipinski definition) is 2. The molecule has 0 amide bonds. The lowest BCUT2D eigenvalue weighted by Crippen LogP contribution is -2.23. The van der Waals surface area contributed by atoms with Gasteiger partial charge in [0.15, 0.2) is 0 Å². The molecule has 0 saturated carbocycles. The van der Waals surface area contributed by atoms with E-state index in [4.69, 9.17) is 11.6 Å². The third-order valence-electron chi connectivity index (χ3n) is 3.66. The number of pyridine rings is 1. The molecule has 4 heteroatoms. The predicted octanol–water partition coefficient (Wildman–Crippen LogP) is 4.91. The topological polar surface area (TPSA) is 33.1 Å². The summed E-state index contributed by atoms with van der Waals surface area (Å²) in [5.41, 5.74) is 0.307. The molecule has 0 fully saturated rings. The Hall–Kier alpha value is -1.42. The Morgan fingerprint density at radius 1 is 1.14 bits per heavy atom. The molecule has 106 valence electrons. The summed E-state index contributed by atoms with van der Waals surface area (Å²) in [5, 5.41) is 13.6. The van der Waals surface area contributed by atoms with E-state index in [9.17, 15) is 5.11 Å². The van der Waals surface area contributed by atoms with Gasteiger partial charge in [0.2, 0.25) is 0 Å². The molecule has 0 saturated heterocycles. The van der Waals surface area contributed by atoms with Gasteiger partial charge in [-0.3, -0.25) is 4.98 Å². The second-order valence-electron chi connectivity index (χ2n) is 5.10. The van der Waals surface area contributed by atoms with Crippen molar-refractivity contribution in [1.29, 1.82) is 0 Å². The minimum Gasteiger partial charge on any atom is -0.381 e. The van der Waals surface area contributed by atoms with Gasteiger partial charge in [-0.05, 0) is 36.1 Å². The van der Waals surface area contributed by atoms with Gasteiger partial charge in [0.05, 0.1) is 0 Å². The summed E-state index contributed by atoms with van der Waals surface area (Å²) < 4.78 is 0.883. The zero-order valence-electron chi connectivity index (χ0n) is 11.3. The number of fused-ring (bicyclic) bond motifs is 1. The molecule has 1 aromatic heterocycles. The fourth-order valence-electron chi connectivity index (χ4n) is 2.58. The highest BCUT2D eigenvalue weighted by Gasteiger charge is 2.29. The van der Waals surface area contributed by atoms with Crippen molar-refractivity contribution in [1.82, 2.24) is 4.98 Å². The van der Waals surface area contributed by atoms with Crippen LogP contribution in [0.2, 0.25) is 5.02 Å². The zero-order valence-corrected chi connectivity index (χ0v) is 13.7. The summed E-state index contributed by atoms with van der Waals surface area (Å²) in [6, 6.07) is 13.2. The number of aliphatic hydroxyl groups is 1. The van der Waals surface area contributed by atoms with E-state index in [-0.39, 0.29) is 0 Å². The minimum atomic E-state index is -1.18. The first-order chi connectivity index (χ1) is 10.00. The van der Waals surface area contributed by atoms with Gasteiger partial charge in [0.1, 0.15) is 5.60 Å². The number of hydrogen-bond donors (Lipinski definition) is 1. The van der Waals surface area contributed by atoms with E-state index in [0.717, 1.165) is 20.8 Å². The fraction of sp³-hybridized carbons (Fsp3) is 0.118. The Morgan fingerprint density at radius 2 is 1.95 bits per heavy atom. The van der Waals surface area contributed by atoms with Crippen LogP contribution in [0.3, 0.4) is 0 Å². The lowest BCUT2D eigenvalue weighted by atomic mass is 9.85. The number of rotatable bonds is 2. The van der Waals surface area contributed by atoms with Crippen LogP contribution in [0.4, 0.5) is 0 Å². The van der Waals surface area contributed by atoms with Gasteiger partial charge in [-0.2, -0.15) is 0 Å². The molecule has 0 bridgehead atoms. The number of benzene rings is 2. The van der Waals surface area contributed by atoms with Crippen LogP contribution in [0.5, 0.6) is 0 Å². The van der Waals surface area contributed by atoms with Crippen molar-refractivity contribution in [3.8, 4) is 0 Å². The highest BCUT2D eigenvalue weighted by atomic mass is 79.9. The van der Waals surface area contributed by atoms with Crippen molar-refractivity contribution in [2.75, 3.05) is 0 Å². The van der Waals surface area contributed by atoms with Crippen LogP contribution in [-0.2, 0) is 5.60 Å². The van der Waals surface area contributed by atoms with Crippen molar-refractivity contribution < 1.29 is 5.11 Å². The maximum absolute atomic E-state index is 11.1. The quantitative estimate of drug-likeness (QED) is 0.703. The largest absolute Gasteiger partial charge is 0.381 e. The molecule has 0 radical (unpaired) electrons. The van der Waals surface area contributed by atoms with Crippen LogP contribution in [0.15, 0.2) is 59.3 Å². The zero-order chi connectivity index (χ0) is 15.0. The summed E-state index contributed by atoms with van der Waals surface area (Å²) in [6.07, 6.45) is 3.52. The van der Waals surface area contributed by atoms with E-state index in [0.29, 0.717) is 10.6 Å². The summed E-state index contributed by atoms with van der Waals surface area (Å²) >= 11 is 9.70. The molecular weight excluding hydrogens is 350 g/mol. The Balaban J connectivity index is 2.25. The van der Waals surface area contributed by atoms with E-state index in [1.54, 1.807) is 25.4 Å². The van der Waals surface area contributed by atoms with Crippen LogP contribution >= 0.6 is 27.5 Å². The summed E-state index contributed by atoms with van der Waals surface area (Å²) in [5.74, 6) is 0. The summed E-state index contributed by atoms with van der Waals surface area (Å²) in [7, 11) is 0. The Bertz CT molecular complexity index is 811. The van der Waals surface area contributed by atoms with Crippen LogP contribution in [0, 0.1) is 0 Å². The van der Waals surface area contributed by atoms with Crippen LogP contribution in [0.1, 0.15) is 18.1 Å². The second-order valence-corrected chi connectivity index (χ2v) is 6.42. The smallest absolute Gasteiger partial charge is 0.114 e. The standard InChI is InChI=1S/C17H13BrClNO/c1-17(21,15-6-5-12(18)9-16(15)19)14-4-2-3-11-10-20-8-7-13(11)14/h2-10,21H,1H3. The van der Waals surface area contributed by atoms with E-state index in [1.165, 1.54) is 0 Å². The molecule has 0 spiro atoms. The van der Waals surface area contributed by atoms with E-state index >= 15 is 0 Å². The van der Waals surface area contributed by atoms with Crippen molar-refractivity contribution in [3.05, 3.63) is 75.5 Å². The molecule has 1 N–H and O–H groups in total. The normalized spacial score (nSPS) is 14.1. The maximum atomic E-state index is 11.1. The lowest BCUT2D eigenvalue weighted by Gasteiger charge is -2.27. The molecule has 0 aliphatic carbocycles. The molecular formula is C17H13BrClNO. The van der Waals surface area contributed by atoms with Gasteiger partial charge in [-0.1, -0.05) is 51.8 Å². The van der Waals surface area contributed by atoms with Gasteiger partial charge in [-0.15, -0.1) is 0 Å². The second kappa shape index (κ2) is 5.41. The average Bonchev–Trinajstić information content (AvgIpc) is 2.46. The molecule has 3 rings (SSSR count). The predicted molar refractivity (Wildman–Crippen MR) is 89.6 cm³/mol. The molecule has 0 aliphatic rings. The van der Waals surface area contributed by atoms with Crippen LogP contribution < -0.4 is 0 Å². The summed E-state index contributed by atoms with van der Waals surface area (Å²) in [6.45, 7) is 1.76. The molecule has 1 heterocycles. The van der Waals surface area contributed by atoms with E-state index < -0.39 is 5.60 Å². The van der Waals surface area contributed by atoms with Crippen molar-refractivity contribution in [2.24, 2.45) is 0 Å². The SMILES string of the molecule is CC(O)(c1ccc(Br)cc1Cl)c1cccc2cnccc12. The third kappa shape index (κ3) is 2.57. The summed E-state index contributed by atoms with van der Waals surface area (Å²) in [4.78, 5) is 4.12. The number of aromatic nitrogens is 1. The van der Waals surface area contributed by atoms with Crippen LogP contribution in [0.25, 0.3) is 10.8 Å². The Morgan fingerprint density at radius 3 is 2.71 bits per heavy atom. The molecule has 3 aromatic rings. The van der Waals surface area contributed by atoms with Gasteiger partial charge in [-0.25, -0.2) is 0 Å². The van der Waals surface area contributed by atoms with Crippen LogP contribution in [-0.4, -0.2) is 10.1 Å². The van der Waals surface area contributed by atoms with Crippen molar-refractivity contribution in [3.63, 3.8) is 0 Å². The highest BCUT2D eigenvalue weighted by molar-refractivity contribution is 9.10. The van der Waals surface area contributed by atoms with E-state index in [1.807, 2.05) is 36.4 Å². The molecule has 2 aromatic carbocycles. The number of halogens is 2. The highest BCUT2D eigenvalue weighted by Crippen LogP contribution is 2.38. The van der Waals surface area contributed by atoms with Crippen molar-refractivity contribution >= 4 is 38.3 Å². The van der Waals surface area contributed by atoms with Gasteiger partial charge in [0.25, 0.3) is 0 Å². The van der Waals surface area contributed by atoms with E-state index in [2.05, 4.69) is 20.9 Å². The van der Waals surface area contributed by atoms with Gasteiger partial charge >= 0.3 is 0 Å². The molecule has 2 nitrogen and oxygen atoms in total. The van der Waals surface area contributed by atoms with Gasteiger partial charge in [0, 0.05) is 32.8 Å². The molecule has 1 unspecified atom stereocenters. The number of nitrogens with zero attached hydrogens (tertiary/aromatic N) is 1. The molecule has 21 heavy (non-hydrogen) atoms. The Kier molecular flexibility index (Phi) is 3.74. The monoisotopic (exact) mass is 361 g/mol. The first-order valence-corrected chi connectivity index (χ1v) is 7.68.